The van der Waals surface area contributed by atoms with E-state index in [2.05, 4.69) is 35.8 Å². The molecule has 7 heteroatoms. The second-order valence-electron chi connectivity index (χ2n) is 9.24. The van der Waals surface area contributed by atoms with E-state index in [1.54, 1.807) is 30.3 Å². The van der Waals surface area contributed by atoms with Gasteiger partial charge in [0.1, 0.15) is 17.4 Å². The summed E-state index contributed by atoms with van der Waals surface area (Å²) >= 11 is 0. The van der Waals surface area contributed by atoms with E-state index in [4.69, 9.17) is 4.74 Å². The molecule has 1 unspecified atom stereocenters. The molecule has 0 saturated carbocycles. The second-order valence-corrected chi connectivity index (χ2v) is 9.24. The predicted octanol–water partition coefficient (Wildman–Crippen LogP) is 5.26. The molecule has 1 aliphatic rings. The van der Waals surface area contributed by atoms with Crippen molar-refractivity contribution in [1.29, 1.82) is 0 Å². The van der Waals surface area contributed by atoms with Crippen LogP contribution in [0.3, 0.4) is 0 Å². The van der Waals surface area contributed by atoms with Crippen LogP contribution in [0.5, 0.6) is 5.75 Å². The molecule has 0 aliphatic heterocycles. The van der Waals surface area contributed by atoms with Crippen LogP contribution in [0.15, 0.2) is 66.7 Å². The summed E-state index contributed by atoms with van der Waals surface area (Å²) in [5.74, 6) is -1.08. The number of rotatable bonds is 9. The number of aryl methyl sites for hydroxylation is 2. The smallest absolute Gasteiger partial charge is 0.410 e. The fourth-order valence-electron chi connectivity index (χ4n) is 4.73. The summed E-state index contributed by atoms with van der Waals surface area (Å²) in [6.07, 6.45) is 2.21. The maximum absolute atomic E-state index is 13.8. The molecule has 3 atom stereocenters. The first kappa shape index (κ1) is 25.8. The molecule has 0 saturated heterocycles. The zero-order chi connectivity index (χ0) is 25.5. The third-order valence-electron chi connectivity index (χ3n) is 6.61. The zero-order valence-corrected chi connectivity index (χ0v) is 20.3. The summed E-state index contributed by atoms with van der Waals surface area (Å²) in [5, 5.41) is 17.2. The second kappa shape index (κ2) is 12.1. The highest BCUT2D eigenvalue weighted by Crippen LogP contribution is 2.30. The Hall–Kier alpha value is -3.29. The van der Waals surface area contributed by atoms with Crippen LogP contribution in [0.4, 0.5) is 13.6 Å². The maximum Gasteiger partial charge on any atom is 0.412 e. The van der Waals surface area contributed by atoms with Crippen molar-refractivity contribution in [3.8, 4) is 5.75 Å². The monoisotopic (exact) mass is 494 g/mol. The van der Waals surface area contributed by atoms with Crippen LogP contribution in [0.25, 0.3) is 0 Å². The van der Waals surface area contributed by atoms with Gasteiger partial charge in [-0.1, -0.05) is 43.3 Å². The van der Waals surface area contributed by atoms with Crippen LogP contribution < -0.4 is 15.4 Å². The summed E-state index contributed by atoms with van der Waals surface area (Å²) in [7, 11) is 0. The Morgan fingerprint density at radius 1 is 1.06 bits per heavy atom. The lowest BCUT2D eigenvalue weighted by atomic mass is 9.86. The van der Waals surface area contributed by atoms with Gasteiger partial charge in [0, 0.05) is 18.7 Å². The third kappa shape index (κ3) is 6.89. The average Bonchev–Trinajstić information content (AvgIpc) is 2.86. The molecule has 3 aromatic carbocycles. The van der Waals surface area contributed by atoms with Crippen LogP contribution in [0.2, 0.25) is 0 Å². The van der Waals surface area contributed by atoms with Gasteiger partial charge in [0.15, 0.2) is 0 Å². The first-order valence-corrected chi connectivity index (χ1v) is 12.4. The quantitative estimate of drug-likeness (QED) is 0.380. The number of carbonyl (C=O) groups is 1. The number of halogens is 2. The molecular formula is C29H32F2N2O3. The Balaban J connectivity index is 1.47. The molecule has 5 nitrogen and oxygen atoms in total. The highest BCUT2D eigenvalue weighted by Gasteiger charge is 2.26. The Labute approximate surface area is 210 Å². The maximum atomic E-state index is 13.8. The summed E-state index contributed by atoms with van der Waals surface area (Å²) in [6, 6.07) is 17.5. The van der Waals surface area contributed by atoms with Gasteiger partial charge >= 0.3 is 6.09 Å². The molecular weight excluding hydrogens is 462 g/mol. The summed E-state index contributed by atoms with van der Waals surface area (Å²) in [5.41, 5.74) is 4.14. The average molecular weight is 495 g/mol. The summed E-state index contributed by atoms with van der Waals surface area (Å²) in [4.78, 5) is 12.6. The fraction of sp³-hybridized carbons (Fsp3) is 0.345. The van der Waals surface area contributed by atoms with Crippen molar-refractivity contribution >= 4 is 6.09 Å². The molecule has 36 heavy (non-hydrogen) atoms. The number of amides is 1. The number of fused-ring (bicyclic) bond motifs is 1. The molecule has 1 aliphatic carbocycles. The van der Waals surface area contributed by atoms with Crippen molar-refractivity contribution in [2.24, 2.45) is 0 Å². The number of para-hydroxylation sites is 1. The predicted molar refractivity (Wildman–Crippen MR) is 135 cm³/mol. The molecule has 4 rings (SSSR count). The van der Waals surface area contributed by atoms with E-state index in [1.807, 2.05) is 0 Å². The van der Waals surface area contributed by atoms with Gasteiger partial charge in [-0.05, 0) is 78.6 Å². The minimum Gasteiger partial charge on any atom is -0.410 e. The van der Waals surface area contributed by atoms with Gasteiger partial charge in [-0.15, -0.1) is 0 Å². The standard InChI is InChI=1S/C29H32F2N2O3/c1-2-19-11-12-21-7-6-10-26(25(21)15-19)32-18-28(34)27(16-20-13-22(30)17-23(31)14-20)33-29(35)36-24-8-4-3-5-9-24/h3-5,8-9,11-15,17,26-28,32,34H,2,6-7,10,16,18H2,1H3,(H,33,35)/t26-,27?,28+/m0/s1. The number of hydrogen-bond acceptors (Lipinski definition) is 4. The highest BCUT2D eigenvalue weighted by molar-refractivity contribution is 5.70. The molecule has 0 aromatic heterocycles. The van der Waals surface area contributed by atoms with E-state index in [0.29, 0.717) is 11.3 Å². The van der Waals surface area contributed by atoms with Crippen LogP contribution in [0.1, 0.15) is 48.1 Å². The summed E-state index contributed by atoms with van der Waals surface area (Å²) in [6.45, 7) is 2.31. The number of aliphatic hydroxyl groups is 1. The van der Waals surface area contributed by atoms with Crippen LogP contribution >= 0.6 is 0 Å². The number of benzene rings is 3. The van der Waals surface area contributed by atoms with Crippen molar-refractivity contribution in [3.63, 3.8) is 0 Å². The Kier molecular flexibility index (Phi) is 8.67. The summed E-state index contributed by atoms with van der Waals surface area (Å²) < 4.78 is 32.9. The zero-order valence-electron chi connectivity index (χ0n) is 20.3. The molecule has 0 heterocycles. The highest BCUT2D eigenvalue weighted by atomic mass is 19.1. The fourth-order valence-corrected chi connectivity index (χ4v) is 4.73. The molecule has 0 bridgehead atoms. The Morgan fingerprint density at radius 2 is 1.81 bits per heavy atom. The molecule has 0 fully saturated rings. The number of nitrogens with one attached hydrogen (secondary N) is 2. The van der Waals surface area contributed by atoms with E-state index in [1.165, 1.54) is 28.8 Å². The van der Waals surface area contributed by atoms with E-state index in [0.717, 1.165) is 31.7 Å². The molecule has 0 spiro atoms. The van der Waals surface area contributed by atoms with Gasteiger partial charge in [0.05, 0.1) is 12.1 Å². The van der Waals surface area contributed by atoms with Crippen molar-refractivity contribution in [1.82, 2.24) is 10.6 Å². The third-order valence-corrected chi connectivity index (χ3v) is 6.61. The van der Waals surface area contributed by atoms with Gasteiger partial charge in [-0.3, -0.25) is 0 Å². The van der Waals surface area contributed by atoms with E-state index < -0.39 is 29.9 Å². The van der Waals surface area contributed by atoms with Gasteiger partial charge in [0.25, 0.3) is 0 Å². The molecule has 1 amide bonds. The number of carbonyl (C=O) groups excluding carboxylic acids is 1. The van der Waals surface area contributed by atoms with Gasteiger partial charge in [-0.25, -0.2) is 13.6 Å². The van der Waals surface area contributed by atoms with Crippen LogP contribution in [-0.4, -0.2) is 29.9 Å². The Morgan fingerprint density at radius 3 is 2.53 bits per heavy atom. The lowest BCUT2D eigenvalue weighted by Crippen LogP contribution is -2.50. The lowest BCUT2D eigenvalue weighted by molar-refractivity contribution is 0.115. The Bertz CT molecular complexity index is 1150. The van der Waals surface area contributed by atoms with E-state index in [9.17, 15) is 18.7 Å². The van der Waals surface area contributed by atoms with Gasteiger partial charge in [-0.2, -0.15) is 0 Å². The van der Waals surface area contributed by atoms with Crippen molar-refractivity contribution < 1.29 is 23.4 Å². The molecule has 3 aromatic rings. The molecule has 3 N–H and O–H groups in total. The topological polar surface area (TPSA) is 70.6 Å². The van der Waals surface area contributed by atoms with E-state index >= 15 is 0 Å². The lowest BCUT2D eigenvalue weighted by Gasteiger charge is -2.30. The van der Waals surface area contributed by atoms with Gasteiger partial charge in [0.2, 0.25) is 0 Å². The van der Waals surface area contributed by atoms with Crippen molar-refractivity contribution in [2.45, 2.75) is 57.2 Å². The van der Waals surface area contributed by atoms with Crippen molar-refractivity contribution in [3.05, 3.63) is 101 Å². The van der Waals surface area contributed by atoms with Crippen LogP contribution in [0, 0.1) is 11.6 Å². The molecule has 190 valence electrons. The minimum absolute atomic E-state index is 0.0304. The van der Waals surface area contributed by atoms with Gasteiger partial charge < -0.3 is 20.5 Å². The van der Waals surface area contributed by atoms with Crippen LogP contribution in [-0.2, 0) is 19.3 Å². The molecule has 0 radical (unpaired) electrons. The van der Waals surface area contributed by atoms with Crippen molar-refractivity contribution in [2.75, 3.05) is 6.54 Å². The minimum atomic E-state index is -1.03. The SMILES string of the molecule is CCc1ccc2c(c1)[C@@H](NC[C@@H](O)C(Cc1cc(F)cc(F)c1)NC(=O)Oc1ccccc1)CCC2. The first-order valence-electron chi connectivity index (χ1n) is 12.4. The number of aliphatic hydroxyl groups excluding tert-OH is 1. The normalized spacial score (nSPS) is 16.6. The first-order chi connectivity index (χ1) is 17.4. The van der Waals surface area contributed by atoms with E-state index in [-0.39, 0.29) is 19.0 Å². The number of hydrogen-bond donors (Lipinski definition) is 3. The number of ether oxygens (including phenoxy) is 1. The largest absolute Gasteiger partial charge is 0.412 e.